The minimum Gasteiger partial charge on any atom is -0.459 e. The summed E-state index contributed by atoms with van der Waals surface area (Å²) in [6, 6.07) is 0. The van der Waals surface area contributed by atoms with E-state index in [9.17, 15) is 19.2 Å². The highest BCUT2D eigenvalue weighted by molar-refractivity contribution is 6.73. The molecule has 0 saturated carbocycles. The molecule has 44 heavy (non-hydrogen) atoms. The maximum Gasteiger partial charge on any atom is 0.349 e. The minimum atomic E-state index is -2.91. The van der Waals surface area contributed by atoms with Crippen molar-refractivity contribution in [3.05, 3.63) is 0 Å². The maximum absolute atomic E-state index is 12.3. The molecule has 0 bridgehead atoms. The van der Waals surface area contributed by atoms with Gasteiger partial charge in [0, 0.05) is 43.7 Å². The van der Waals surface area contributed by atoms with Crippen LogP contribution in [0.15, 0.2) is 0 Å². The number of carbonyl (C=O) groups excluding carboxylic acids is 4. The molecule has 252 valence electrons. The van der Waals surface area contributed by atoms with Crippen LogP contribution >= 0.6 is 0 Å². The Morgan fingerprint density at radius 3 is 1.68 bits per heavy atom. The summed E-state index contributed by atoms with van der Waals surface area (Å²) in [5.41, 5.74) is 0. The van der Waals surface area contributed by atoms with Gasteiger partial charge < -0.3 is 42.0 Å². The van der Waals surface area contributed by atoms with Crippen LogP contribution in [0.3, 0.4) is 0 Å². The fourth-order valence-electron chi connectivity index (χ4n) is 6.65. The molecule has 3 rings (SSSR count). The fraction of sp³-hybridized carbons (Fsp3) is 0.867. The van der Waals surface area contributed by atoms with Gasteiger partial charge >= 0.3 is 32.4 Å². The number of hydrogen-bond donors (Lipinski definition) is 0. The fourth-order valence-corrected chi connectivity index (χ4v) is 11.6. The van der Waals surface area contributed by atoms with Crippen molar-refractivity contribution in [1.82, 2.24) is 0 Å². The molecule has 0 N–H and O–H groups in total. The maximum atomic E-state index is 12.3. The molecular formula is C30H50O13Si. The van der Waals surface area contributed by atoms with Crippen molar-refractivity contribution in [3.8, 4) is 0 Å². The highest BCUT2D eigenvalue weighted by Gasteiger charge is 2.65. The van der Waals surface area contributed by atoms with E-state index in [-0.39, 0.29) is 23.3 Å². The van der Waals surface area contributed by atoms with Crippen molar-refractivity contribution in [2.24, 2.45) is 5.92 Å². The first-order valence-corrected chi connectivity index (χ1v) is 16.9. The zero-order valence-electron chi connectivity index (χ0n) is 28.0. The van der Waals surface area contributed by atoms with Crippen molar-refractivity contribution >= 4 is 32.4 Å². The monoisotopic (exact) mass is 646 g/mol. The number of rotatable bonds is 7. The molecule has 0 aromatic rings. The predicted octanol–water partition coefficient (Wildman–Crippen LogP) is 3.34. The summed E-state index contributed by atoms with van der Waals surface area (Å²) in [5.74, 6) is -2.86. The lowest BCUT2D eigenvalue weighted by molar-refractivity contribution is -0.308. The summed E-state index contributed by atoms with van der Waals surface area (Å²) in [7, 11) is -2.91. The zero-order chi connectivity index (χ0) is 33.4. The molecule has 0 spiro atoms. The zero-order valence-corrected chi connectivity index (χ0v) is 29.0. The van der Waals surface area contributed by atoms with Crippen LogP contribution in [-0.4, -0.2) is 101 Å². The quantitative estimate of drug-likeness (QED) is 0.226. The van der Waals surface area contributed by atoms with E-state index in [0.29, 0.717) is 0 Å². The van der Waals surface area contributed by atoms with E-state index in [1.165, 1.54) is 27.7 Å². The van der Waals surface area contributed by atoms with Crippen molar-refractivity contribution in [2.75, 3.05) is 13.2 Å². The summed E-state index contributed by atoms with van der Waals surface area (Å²) in [6.45, 7) is 21.2. The smallest absolute Gasteiger partial charge is 0.349 e. The first kappa shape index (κ1) is 36.4. The second kappa shape index (κ2) is 13.7. The summed E-state index contributed by atoms with van der Waals surface area (Å²) in [5, 5.41) is -0.590. The molecule has 3 fully saturated rings. The van der Waals surface area contributed by atoms with E-state index in [1.54, 1.807) is 6.92 Å². The van der Waals surface area contributed by atoms with Gasteiger partial charge in [0.05, 0.1) is 19.3 Å². The second-order valence-electron chi connectivity index (χ2n) is 13.9. The SMILES string of the molecule is CC(=O)OC1[C@H](C)OC(CO[C@H]2OC3CO[Si](C(C)(C)C)(C(C)(C)C)O[C@@H]3[C@H](OC(C)=O)C2C)[C@@H](OC(C)=O)[C@@H]1OC(C)=O. The third kappa shape index (κ3) is 7.81. The number of hydrogen-bond acceptors (Lipinski definition) is 13. The van der Waals surface area contributed by atoms with Gasteiger partial charge in [0.15, 0.2) is 24.6 Å². The van der Waals surface area contributed by atoms with E-state index in [0.717, 1.165) is 0 Å². The molecule has 4 unspecified atom stereocenters. The average Bonchev–Trinajstić information content (AvgIpc) is 2.86. The van der Waals surface area contributed by atoms with Crippen LogP contribution in [0.5, 0.6) is 0 Å². The molecule has 10 atom stereocenters. The van der Waals surface area contributed by atoms with E-state index in [2.05, 4.69) is 41.5 Å². The highest BCUT2D eigenvalue weighted by Crippen LogP contribution is 2.55. The Morgan fingerprint density at radius 2 is 1.18 bits per heavy atom. The topological polar surface area (TPSA) is 151 Å². The van der Waals surface area contributed by atoms with Crippen molar-refractivity contribution in [1.29, 1.82) is 0 Å². The van der Waals surface area contributed by atoms with Crippen molar-refractivity contribution in [2.45, 2.75) is 148 Å². The van der Waals surface area contributed by atoms with Gasteiger partial charge in [-0.05, 0) is 6.92 Å². The Kier molecular flexibility index (Phi) is 11.3. The lowest BCUT2D eigenvalue weighted by Crippen LogP contribution is -2.70. The average molecular weight is 647 g/mol. The molecule has 0 amide bonds. The minimum absolute atomic E-state index is 0.156. The van der Waals surface area contributed by atoms with Crippen LogP contribution in [0.2, 0.25) is 10.1 Å². The van der Waals surface area contributed by atoms with Crippen molar-refractivity contribution in [3.63, 3.8) is 0 Å². The van der Waals surface area contributed by atoms with Gasteiger partial charge in [0.2, 0.25) is 0 Å². The van der Waals surface area contributed by atoms with Crippen LogP contribution < -0.4 is 0 Å². The van der Waals surface area contributed by atoms with E-state index < -0.39 is 93.5 Å². The van der Waals surface area contributed by atoms with E-state index in [1.807, 2.05) is 6.92 Å². The Balaban J connectivity index is 1.87. The third-order valence-corrected chi connectivity index (χ3v) is 13.3. The first-order valence-electron chi connectivity index (χ1n) is 15.1. The molecule has 0 radical (unpaired) electrons. The van der Waals surface area contributed by atoms with E-state index >= 15 is 0 Å². The molecule has 3 saturated heterocycles. The Bertz CT molecular complexity index is 1050. The Hall–Kier alpha value is -2.10. The second-order valence-corrected chi connectivity index (χ2v) is 18.7. The molecule has 14 heteroatoms. The standard InChI is InChI=1S/C30H50O13Si/c1-15-23(38-17(3)31)26-22(14-36-44(43-26,29(7,8)9)30(10,11)12)42-28(15)35-13-21-25(40-19(5)33)27(41-20(6)34)24(16(2)37-21)39-18(4)32/h15-16,21-28H,13-14H2,1-12H3/t15?,16-,21?,22?,23+,24?,25+,26-,27+,28-/m0/s1. The Morgan fingerprint density at radius 1 is 0.705 bits per heavy atom. The number of carbonyl (C=O) groups is 4. The van der Waals surface area contributed by atoms with Gasteiger partial charge in [-0.1, -0.05) is 48.5 Å². The predicted molar refractivity (Wildman–Crippen MR) is 156 cm³/mol. The largest absolute Gasteiger partial charge is 0.459 e. The summed E-state index contributed by atoms with van der Waals surface area (Å²) < 4.78 is 54.4. The highest BCUT2D eigenvalue weighted by atomic mass is 28.4. The van der Waals surface area contributed by atoms with Crippen LogP contribution in [-0.2, 0) is 61.2 Å². The normalized spacial score (nSPS) is 35.5. The first-order chi connectivity index (χ1) is 20.2. The summed E-state index contributed by atoms with van der Waals surface area (Å²) in [4.78, 5) is 48.2. The van der Waals surface area contributed by atoms with Gasteiger partial charge in [-0.25, -0.2) is 0 Å². The summed E-state index contributed by atoms with van der Waals surface area (Å²) >= 11 is 0. The molecule has 13 nitrogen and oxygen atoms in total. The van der Waals surface area contributed by atoms with E-state index in [4.69, 9.17) is 42.0 Å². The third-order valence-electron chi connectivity index (χ3n) is 8.17. The molecule has 0 aromatic carbocycles. The Labute approximate surface area is 261 Å². The lowest BCUT2D eigenvalue weighted by Gasteiger charge is -2.57. The van der Waals surface area contributed by atoms with Crippen LogP contribution in [0.1, 0.15) is 83.1 Å². The van der Waals surface area contributed by atoms with Crippen molar-refractivity contribution < 1.29 is 61.2 Å². The molecule has 3 aliphatic heterocycles. The van der Waals surface area contributed by atoms with Crippen LogP contribution in [0.4, 0.5) is 0 Å². The number of esters is 4. The molecular weight excluding hydrogens is 596 g/mol. The van der Waals surface area contributed by atoms with Crippen LogP contribution in [0, 0.1) is 5.92 Å². The number of ether oxygens (including phenoxy) is 7. The summed E-state index contributed by atoms with van der Waals surface area (Å²) in [6.07, 6.45) is -7.74. The van der Waals surface area contributed by atoms with Gasteiger partial charge in [-0.3, -0.25) is 19.2 Å². The molecule has 0 aliphatic carbocycles. The van der Waals surface area contributed by atoms with Crippen LogP contribution in [0.25, 0.3) is 0 Å². The van der Waals surface area contributed by atoms with Gasteiger partial charge in [0.1, 0.15) is 24.4 Å². The van der Waals surface area contributed by atoms with Gasteiger partial charge in [0.25, 0.3) is 0 Å². The van der Waals surface area contributed by atoms with Gasteiger partial charge in [-0.2, -0.15) is 0 Å². The van der Waals surface area contributed by atoms with Gasteiger partial charge in [-0.15, -0.1) is 0 Å². The molecule has 3 heterocycles. The number of fused-ring (bicyclic) bond motifs is 1. The lowest BCUT2D eigenvalue weighted by atomic mass is 9.92. The molecule has 0 aromatic heterocycles. The molecule has 3 aliphatic rings.